The van der Waals surface area contributed by atoms with Crippen LogP contribution in [0.15, 0.2) is 46.2 Å². The van der Waals surface area contributed by atoms with E-state index in [0.717, 1.165) is 50.1 Å². The molecule has 4 rings (SSSR count). The lowest BCUT2D eigenvalue weighted by atomic mass is 10.1. The van der Waals surface area contributed by atoms with Crippen LogP contribution in [0.1, 0.15) is 37.3 Å². The maximum Gasteiger partial charge on any atom is 0.191 e. The van der Waals surface area contributed by atoms with Gasteiger partial charge >= 0.3 is 0 Å². The Morgan fingerprint density at radius 2 is 1.97 bits per heavy atom. The van der Waals surface area contributed by atoms with Gasteiger partial charge in [-0.3, -0.25) is 0 Å². The summed E-state index contributed by atoms with van der Waals surface area (Å²) >= 11 is 11.4. The van der Waals surface area contributed by atoms with E-state index in [-0.39, 0.29) is 0 Å². The van der Waals surface area contributed by atoms with E-state index in [9.17, 15) is 0 Å². The standard InChI is InChI=1S/C21H21ClN4S3/c1-4-26-19(14-9-18(13(2)3)27-10-14)24-25-21(26)29-12-15-11-28-20(23-15)16-7-5-6-8-17(16)22/h5-11,13H,4,12H2,1-3H3. The van der Waals surface area contributed by atoms with Gasteiger partial charge in [-0.15, -0.1) is 32.9 Å². The molecule has 0 saturated heterocycles. The van der Waals surface area contributed by atoms with Crippen molar-refractivity contribution in [2.75, 3.05) is 0 Å². The van der Waals surface area contributed by atoms with E-state index in [0.29, 0.717) is 5.92 Å². The van der Waals surface area contributed by atoms with E-state index in [2.05, 4.69) is 52.4 Å². The Morgan fingerprint density at radius 3 is 2.69 bits per heavy atom. The first-order chi connectivity index (χ1) is 14.1. The first kappa shape index (κ1) is 20.6. The fourth-order valence-corrected chi connectivity index (χ4v) is 5.98. The Bertz CT molecular complexity index is 1110. The van der Waals surface area contributed by atoms with Crippen molar-refractivity contribution < 1.29 is 0 Å². The van der Waals surface area contributed by atoms with Crippen LogP contribution in [-0.2, 0) is 12.3 Å². The molecular weight excluding hydrogens is 440 g/mol. The fraction of sp³-hybridized carbons (Fsp3) is 0.286. The summed E-state index contributed by atoms with van der Waals surface area (Å²) in [6, 6.07) is 10.0. The zero-order chi connectivity index (χ0) is 20.4. The molecule has 3 aromatic heterocycles. The average Bonchev–Trinajstić information content (AvgIpc) is 3.45. The molecule has 8 heteroatoms. The predicted molar refractivity (Wildman–Crippen MR) is 125 cm³/mol. The van der Waals surface area contributed by atoms with Crippen molar-refractivity contribution in [1.29, 1.82) is 0 Å². The zero-order valence-corrected chi connectivity index (χ0v) is 19.6. The van der Waals surface area contributed by atoms with Crippen LogP contribution in [0.2, 0.25) is 5.02 Å². The van der Waals surface area contributed by atoms with Gasteiger partial charge in [0.1, 0.15) is 5.01 Å². The Hall–Kier alpha value is -1.67. The number of rotatable bonds is 7. The monoisotopic (exact) mass is 460 g/mol. The van der Waals surface area contributed by atoms with Gasteiger partial charge in [-0.1, -0.05) is 55.4 Å². The molecule has 0 aliphatic rings. The number of aromatic nitrogens is 4. The summed E-state index contributed by atoms with van der Waals surface area (Å²) < 4.78 is 2.18. The molecule has 29 heavy (non-hydrogen) atoms. The maximum absolute atomic E-state index is 6.30. The van der Waals surface area contributed by atoms with Crippen molar-refractivity contribution in [2.45, 2.75) is 44.1 Å². The molecule has 0 amide bonds. The predicted octanol–water partition coefficient (Wildman–Crippen LogP) is 7.22. The van der Waals surface area contributed by atoms with Gasteiger partial charge in [0.25, 0.3) is 0 Å². The SMILES string of the molecule is CCn1c(SCc2csc(-c3ccccc3Cl)n2)nnc1-c1csc(C(C)C)c1. The number of hydrogen-bond acceptors (Lipinski definition) is 6. The van der Waals surface area contributed by atoms with Crippen LogP contribution >= 0.6 is 46.0 Å². The van der Waals surface area contributed by atoms with Crippen LogP contribution < -0.4 is 0 Å². The van der Waals surface area contributed by atoms with Gasteiger partial charge in [0.15, 0.2) is 11.0 Å². The van der Waals surface area contributed by atoms with E-state index >= 15 is 0 Å². The van der Waals surface area contributed by atoms with Gasteiger partial charge in [-0.25, -0.2) is 4.98 Å². The zero-order valence-electron chi connectivity index (χ0n) is 16.4. The van der Waals surface area contributed by atoms with E-state index < -0.39 is 0 Å². The normalized spacial score (nSPS) is 11.5. The minimum Gasteiger partial charge on any atom is -0.302 e. The third kappa shape index (κ3) is 4.43. The Labute approximate surface area is 188 Å². The van der Waals surface area contributed by atoms with E-state index in [1.165, 1.54) is 4.88 Å². The van der Waals surface area contributed by atoms with E-state index in [4.69, 9.17) is 16.6 Å². The van der Waals surface area contributed by atoms with E-state index in [1.54, 1.807) is 34.4 Å². The van der Waals surface area contributed by atoms with Crippen molar-refractivity contribution in [2.24, 2.45) is 0 Å². The Balaban J connectivity index is 1.51. The molecule has 3 heterocycles. The summed E-state index contributed by atoms with van der Waals surface area (Å²) in [6.07, 6.45) is 0. The molecule has 0 saturated carbocycles. The average molecular weight is 461 g/mol. The highest BCUT2D eigenvalue weighted by molar-refractivity contribution is 7.98. The number of nitrogens with zero attached hydrogens (tertiary/aromatic N) is 4. The summed E-state index contributed by atoms with van der Waals surface area (Å²) in [5, 5.41) is 15.8. The number of thiazole rings is 1. The van der Waals surface area contributed by atoms with Crippen LogP contribution in [0.4, 0.5) is 0 Å². The number of halogens is 1. The number of thiophene rings is 1. The lowest BCUT2D eigenvalue weighted by molar-refractivity contribution is 0.687. The first-order valence-electron chi connectivity index (χ1n) is 9.41. The van der Waals surface area contributed by atoms with Gasteiger partial charge in [-0.05, 0) is 25.0 Å². The molecule has 4 nitrogen and oxygen atoms in total. The molecule has 4 aromatic rings. The van der Waals surface area contributed by atoms with Crippen molar-refractivity contribution in [1.82, 2.24) is 19.7 Å². The van der Waals surface area contributed by atoms with Gasteiger partial charge < -0.3 is 4.57 Å². The lowest BCUT2D eigenvalue weighted by Gasteiger charge is -2.05. The van der Waals surface area contributed by atoms with Gasteiger partial charge in [0.2, 0.25) is 0 Å². The van der Waals surface area contributed by atoms with Crippen LogP contribution in [0, 0.1) is 0 Å². The number of hydrogen-bond donors (Lipinski definition) is 0. The van der Waals surface area contributed by atoms with Crippen LogP contribution in [-0.4, -0.2) is 19.7 Å². The quantitative estimate of drug-likeness (QED) is 0.273. The molecule has 0 spiro atoms. The molecule has 150 valence electrons. The smallest absolute Gasteiger partial charge is 0.191 e. The summed E-state index contributed by atoms with van der Waals surface area (Å²) in [5.41, 5.74) is 3.15. The van der Waals surface area contributed by atoms with E-state index in [1.807, 2.05) is 24.3 Å². The molecule has 0 fully saturated rings. The Kier molecular flexibility index (Phi) is 6.39. The summed E-state index contributed by atoms with van der Waals surface area (Å²) in [6.45, 7) is 7.39. The van der Waals surface area contributed by atoms with Crippen molar-refractivity contribution >= 4 is 46.0 Å². The highest BCUT2D eigenvalue weighted by Gasteiger charge is 2.16. The topological polar surface area (TPSA) is 43.6 Å². The maximum atomic E-state index is 6.30. The molecule has 0 bridgehead atoms. The molecular formula is C21H21ClN4S3. The summed E-state index contributed by atoms with van der Waals surface area (Å²) in [7, 11) is 0. The summed E-state index contributed by atoms with van der Waals surface area (Å²) in [4.78, 5) is 6.13. The molecule has 0 aliphatic carbocycles. The van der Waals surface area contributed by atoms with Crippen molar-refractivity contribution in [3.63, 3.8) is 0 Å². The molecule has 0 atom stereocenters. The van der Waals surface area contributed by atoms with Gasteiger partial charge in [-0.2, -0.15) is 0 Å². The Morgan fingerprint density at radius 1 is 1.14 bits per heavy atom. The molecule has 0 radical (unpaired) electrons. The molecule has 0 aliphatic heterocycles. The first-order valence-corrected chi connectivity index (χ1v) is 12.5. The molecule has 1 aromatic carbocycles. The van der Waals surface area contributed by atoms with Gasteiger partial charge in [0, 0.05) is 39.1 Å². The number of benzene rings is 1. The van der Waals surface area contributed by atoms with Crippen molar-refractivity contribution in [3.8, 4) is 22.0 Å². The number of thioether (sulfide) groups is 1. The fourth-order valence-electron chi connectivity index (χ4n) is 2.94. The second-order valence-electron chi connectivity index (χ2n) is 6.86. The minimum absolute atomic E-state index is 0.526. The van der Waals surface area contributed by atoms with Crippen molar-refractivity contribution in [3.05, 3.63) is 56.7 Å². The second kappa shape index (κ2) is 9.00. The third-order valence-corrected chi connectivity index (χ3v) is 7.97. The highest BCUT2D eigenvalue weighted by atomic mass is 35.5. The van der Waals surface area contributed by atoms with Gasteiger partial charge in [0.05, 0.1) is 10.7 Å². The minimum atomic E-state index is 0.526. The summed E-state index contributed by atoms with van der Waals surface area (Å²) in [5.74, 6) is 2.21. The molecule has 0 unspecified atom stereocenters. The largest absolute Gasteiger partial charge is 0.302 e. The second-order valence-corrected chi connectivity index (χ2v) is 10.0. The third-order valence-electron chi connectivity index (χ3n) is 4.49. The van der Waals surface area contributed by atoms with Crippen LogP contribution in [0.25, 0.3) is 22.0 Å². The lowest BCUT2D eigenvalue weighted by Crippen LogP contribution is -1.99. The van der Waals surface area contributed by atoms with Crippen LogP contribution in [0.5, 0.6) is 0 Å². The highest BCUT2D eigenvalue weighted by Crippen LogP contribution is 2.33. The molecule has 0 N–H and O–H groups in total. The van der Waals surface area contributed by atoms with Crippen LogP contribution in [0.3, 0.4) is 0 Å².